The normalized spacial score (nSPS) is 15.3. The van der Waals surface area contributed by atoms with E-state index in [0.717, 1.165) is 0 Å². The zero-order valence-corrected chi connectivity index (χ0v) is 6.43. The minimum atomic E-state index is -4.23. The second kappa shape index (κ2) is 4.08. The van der Waals surface area contributed by atoms with Gasteiger partial charge in [0.05, 0.1) is 0 Å². The maximum atomic E-state index is 11.6. The molecule has 1 nitrogen and oxygen atoms in total. The molecule has 5 heteroatoms. The van der Waals surface area contributed by atoms with Crippen molar-refractivity contribution < 1.29 is 13.2 Å². The largest absolute Gasteiger partial charge is 0.404 e. The molecular formula is C5H10F3NS. The molecule has 0 unspecified atom stereocenters. The fraction of sp³-hybridized carbons (Fsp3) is 1.00. The van der Waals surface area contributed by atoms with Crippen molar-refractivity contribution in [3.05, 3.63) is 0 Å². The second-order valence-electron chi connectivity index (χ2n) is 1.81. The molecule has 0 heterocycles. The quantitative estimate of drug-likeness (QED) is 0.702. The molecule has 1 atom stereocenters. The third kappa shape index (κ3) is 4.00. The SMILES string of the molecule is CCSC[C@H](N)C(F)(F)F. The van der Waals surface area contributed by atoms with E-state index in [1.54, 1.807) is 6.92 Å². The standard InChI is InChI=1S/C5H10F3NS/c1-2-10-3-4(9)5(6,7)8/h4H,2-3,9H2,1H3/t4-/m0/s1. The van der Waals surface area contributed by atoms with Crippen LogP contribution in [0.2, 0.25) is 0 Å². The lowest BCUT2D eigenvalue weighted by molar-refractivity contribution is -0.142. The number of thioether (sulfide) groups is 1. The van der Waals surface area contributed by atoms with E-state index in [4.69, 9.17) is 5.73 Å². The van der Waals surface area contributed by atoms with Crippen molar-refractivity contribution in [2.24, 2.45) is 5.73 Å². The molecular weight excluding hydrogens is 163 g/mol. The first kappa shape index (κ1) is 10.1. The van der Waals surface area contributed by atoms with Crippen LogP contribution in [-0.4, -0.2) is 23.7 Å². The Morgan fingerprint density at radius 1 is 1.50 bits per heavy atom. The summed E-state index contributed by atoms with van der Waals surface area (Å²) in [4.78, 5) is 0. The fourth-order valence-corrected chi connectivity index (χ4v) is 1.02. The van der Waals surface area contributed by atoms with Crippen LogP contribution in [0.4, 0.5) is 13.2 Å². The van der Waals surface area contributed by atoms with Gasteiger partial charge in [0.1, 0.15) is 6.04 Å². The molecule has 0 aliphatic rings. The van der Waals surface area contributed by atoms with Gasteiger partial charge in [-0.05, 0) is 5.75 Å². The minimum absolute atomic E-state index is 0.0417. The summed E-state index contributed by atoms with van der Waals surface area (Å²) in [5.41, 5.74) is 4.79. The first-order valence-corrected chi connectivity index (χ1v) is 4.04. The van der Waals surface area contributed by atoms with Gasteiger partial charge in [0, 0.05) is 5.75 Å². The van der Waals surface area contributed by atoms with E-state index in [0.29, 0.717) is 5.75 Å². The molecule has 0 rings (SSSR count). The summed E-state index contributed by atoms with van der Waals surface area (Å²) in [6.07, 6.45) is -4.23. The lowest BCUT2D eigenvalue weighted by Gasteiger charge is -2.13. The molecule has 0 saturated carbocycles. The molecule has 0 aromatic rings. The van der Waals surface area contributed by atoms with E-state index in [1.165, 1.54) is 11.8 Å². The Hall–Kier alpha value is 0.100. The van der Waals surface area contributed by atoms with Crippen molar-refractivity contribution in [1.29, 1.82) is 0 Å². The minimum Gasteiger partial charge on any atom is -0.319 e. The maximum absolute atomic E-state index is 11.6. The number of rotatable bonds is 3. The highest BCUT2D eigenvalue weighted by Gasteiger charge is 2.35. The second-order valence-corrected chi connectivity index (χ2v) is 3.13. The average molecular weight is 173 g/mol. The molecule has 0 aliphatic carbocycles. The first-order valence-electron chi connectivity index (χ1n) is 2.88. The van der Waals surface area contributed by atoms with Crippen molar-refractivity contribution in [2.45, 2.75) is 19.1 Å². The predicted octanol–water partition coefficient (Wildman–Crippen LogP) is 1.63. The summed E-state index contributed by atoms with van der Waals surface area (Å²) in [5, 5.41) is 0. The fourth-order valence-electron chi connectivity index (χ4n) is 0.339. The van der Waals surface area contributed by atoms with Gasteiger partial charge < -0.3 is 5.73 Å². The molecule has 0 bridgehead atoms. The third-order valence-electron chi connectivity index (χ3n) is 0.922. The Bertz CT molecular complexity index is 93.4. The Labute approximate surface area is 62.2 Å². The van der Waals surface area contributed by atoms with Gasteiger partial charge in [-0.2, -0.15) is 24.9 Å². The number of hydrogen-bond acceptors (Lipinski definition) is 2. The van der Waals surface area contributed by atoms with Crippen molar-refractivity contribution >= 4 is 11.8 Å². The van der Waals surface area contributed by atoms with Crippen molar-refractivity contribution in [2.75, 3.05) is 11.5 Å². The molecule has 0 amide bonds. The number of halogens is 3. The van der Waals surface area contributed by atoms with Crippen molar-refractivity contribution in [3.63, 3.8) is 0 Å². The molecule has 62 valence electrons. The zero-order chi connectivity index (χ0) is 8.20. The summed E-state index contributed by atoms with van der Waals surface area (Å²) in [5.74, 6) is 0.629. The topological polar surface area (TPSA) is 26.0 Å². The molecule has 0 saturated heterocycles. The summed E-state index contributed by atoms with van der Waals surface area (Å²) in [6, 6.07) is -1.67. The highest BCUT2D eigenvalue weighted by Crippen LogP contribution is 2.20. The lowest BCUT2D eigenvalue weighted by atomic mass is 10.4. The Kier molecular flexibility index (Phi) is 4.12. The van der Waals surface area contributed by atoms with E-state index in [2.05, 4.69) is 0 Å². The molecule has 10 heavy (non-hydrogen) atoms. The highest BCUT2D eigenvalue weighted by molar-refractivity contribution is 7.99. The van der Waals surface area contributed by atoms with Gasteiger partial charge in [-0.25, -0.2) is 0 Å². The number of alkyl halides is 3. The van der Waals surface area contributed by atoms with Gasteiger partial charge in [0.2, 0.25) is 0 Å². The van der Waals surface area contributed by atoms with E-state index in [1.807, 2.05) is 0 Å². The van der Waals surface area contributed by atoms with Crippen molar-refractivity contribution in [1.82, 2.24) is 0 Å². The van der Waals surface area contributed by atoms with E-state index >= 15 is 0 Å². The van der Waals surface area contributed by atoms with Crippen LogP contribution < -0.4 is 5.73 Å². The van der Waals surface area contributed by atoms with Crippen LogP contribution in [0.3, 0.4) is 0 Å². The maximum Gasteiger partial charge on any atom is 0.404 e. The average Bonchev–Trinajstić information content (AvgIpc) is 1.80. The van der Waals surface area contributed by atoms with Gasteiger partial charge in [0.25, 0.3) is 0 Å². The van der Waals surface area contributed by atoms with E-state index in [9.17, 15) is 13.2 Å². The molecule has 0 aromatic heterocycles. The van der Waals surface area contributed by atoms with Gasteiger partial charge in [-0.1, -0.05) is 6.92 Å². The smallest absolute Gasteiger partial charge is 0.319 e. The molecule has 2 N–H and O–H groups in total. The van der Waals surface area contributed by atoms with Crippen LogP contribution in [0.25, 0.3) is 0 Å². The number of nitrogens with two attached hydrogens (primary N) is 1. The lowest BCUT2D eigenvalue weighted by Crippen LogP contribution is -2.39. The Morgan fingerprint density at radius 3 is 2.30 bits per heavy atom. The van der Waals surface area contributed by atoms with Gasteiger partial charge in [-0.15, -0.1) is 0 Å². The van der Waals surface area contributed by atoms with Gasteiger partial charge >= 0.3 is 6.18 Å². The molecule has 0 fully saturated rings. The van der Waals surface area contributed by atoms with Crippen LogP contribution >= 0.6 is 11.8 Å². The Balaban J connectivity index is 3.52. The van der Waals surface area contributed by atoms with Crippen LogP contribution in [0.15, 0.2) is 0 Å². The monoisotopic (exact) mass is 173 g/mol. The summed E-state index contributed by atoms with van der Waals surface area (Å²) >= 11 is 1.20. The molecule has 0 radical (unpaired) electrons. The van der Waals surface area contributed by atoms with Crippen LogP contribution in [0, 0.1) is 0 Å². The van der Waals surface area contributed by atoms with Gasteiger partial charge in [-0.3, -0.25) is 0 Å². The molecule has 0 aliphatic heterocycles. The molecule has 0 aromatic carbocycles. The van der Waals surface area contributed by atoms with Crippen LogP contribution in [0.1, 0.15) is 6.92 Å². The zero-order valence-electron chi connectivity index (χ0n) is 5.61. The first-order chi connectivity index (χ1) is 4.48. The third-order valence-corrected chi connectivity index (χ3v) is 1.93. The Morgan fingerprint density at radius 2 is 2.00 bits per heavy atom. The molecule has 0 spiro atoms. The van der Waals surface area contributed by atoms with Crippen molar-refractivity contribution in [3.8, 4) is 0 Å². The van der Waals surface area contributed by atoms with Crippen LogP contribution in [-0.2, 0) is 0 Å². The number of hydrogen-bond donors (Lipinski definition) is 1. The van der Waals surface area contributed by atoms with E-state index < -0.39 is 12.2 Å². The summed E-state index contributed by atoms with van der Waals surface area (Å²) < 4.78 is 34.9. The highest BCUT2D eigenvalue weighted by atomic mass is 32.2. The van der Waals surface area contributed by atoms with Gasteiger partial charge in [0.15, 0.2) is 0 Å². The van der Waals surface area contributed by atoms with E-state index in [-0.39, 0.29) is 5.75 Å². The summed E-state index contributed by atoms with van der Waals surface area (Å²) in [7, 11) is 0. The predicted molar refractivity (Wildman–Crippen MR) is 37.0 cm³/mol. The van der Waals surface area contributed by atoms with Crippen LogP contribution in [0.5, 0.6) is 0 Å². The summed E-state index contributed by atoms with van der Waals surface area (Å²) in [6.45, 7) is 1.80.